The van der Waals surface area contributed by atoms with E-state index in [4.69, 9.17) is 8.94 Å². The van der Waals surface area contributed by atoms with E-state index in [2.05, 4.69) is 15.5 Å². The number of hydrogen-bond donors (Lipinski definition) is 2. The number of rotatable bonds is 5. The smallest absolute Gasteiger partial charge is 0.259 e. The summed E-state index contributed by atoms with van der Waals surface area (Å²) in [6.07, 6.45) is 0.631. The third-order valence-electron chi connectivity index (χ3n) is 4.23. The number of aromatic nitrogens is 2. The third kappa shape index (κ3) is 3.15. The van der Waals surface area contributed by atoms with Gasteiger partial charge in [0.05, 0.1) is 35.0 Å². The lowest BCUT2D eigenvalue weighted by atomic mass is 10.0. The lowest BCUT2D eigenvalue weighted by Crippen LogP contribution is -2.37. The van der Waals surface area contributed by atoms with Gasteiger partial charge in [0.1, 0.15) is 11.5 Å². The Hall–Kier alpha value is -2.67. The fraction of sp³-hybridized carbons (Fsp3) is 0.389. The number of aliphatic hydroxyl groups excluding tert-OH is 1. The van der Waals surface area contributed by atoms with Crippen LogP contribution < -0.4 is 5.32 Å². The molecule has 0 spiro atoms. The van der Waals surface area contributed by atoms with E-state index >= 15 is 0 Å². The fourth-order valence-corrected chi connectivity index (χ4v) is 2.84. The Morgan fingerprint density at radius 1 is 1.32 bits per heavy atom. The summed E-state index contributed by atoms with van der Waals surface area (Å²) >= 11 is 0. The number of aliphatic hydroxyl groups is 1. The number of fused-ring (bicyclic) bond motifs is 1. The average molecular weight is 343 g/mol. The van der Waals surface area contributed by atoms with Crippen molar-refractivity contribution >= 4 is 17.0 Å². The van der Waals surface area contributed by atoms with Gasteiger partial charge in [-0.25, -0.2) is 4.98 Å². The molecule has 1 atom stereocenters. The summed E-state index contributed by atoms with van der Waals surface area (Å²) in [5, 5.41) is 16.7. The molecule has 1 amide bonds. The molecule has 0 radical (unpaired) electrons. The van der Waals surface area contributed by atoms with Gasteiger partial charge in [0.25, 0.3) is 11.6 Å². The van der Waals surface area contributed by atoms with Gasteiger partial charge in [0.2, 0.25) is 0 Å². The van der Waals surface area contributed by atoms with E-state index in [1.807, 2.05) is 26.8 Å². The van der Waals surface area contributed by atoms with E-state index in [0.29, 0.717) is 40.2 Å². The van der Waals surface area contributed by atoms with Crippen molar-refractivity contribution in [1.29, 1.82) is 0 Å². The van der Waals surface area contributed by atoms with Crippen molar-refractivity contribution in [3.8, 4) is 11.3 Å². The summed E-state index contributed by atoms with van der Waals surface area (Å²) in [5.74, 6) is 1.19. The van der Waals surface area contributed by atoms with Crippen molar-refractivity contribution in [2.45, 2.75) is 40.2 Å². The van der Waals surface area contributed by atoms with Crippen molar-refractivity contribution in [3.63, 3.8) is 0 Å². The van der Waals surface area contributed by atoms with Crippen molar-refractivity contribution in [2.24, 2.45) is 0 Å². The summed E-state index contributed by atoms with van der Waals surface area (Å²) < 4.78 is 10.9. The van der Waals surface area contributed by atoms with Gasteiger partial charge in [0, 0.05) is 5.56 Å². The lowest BCUT2D eigenvalue weighted by molar-refractivity contribution is 0.0916. The number of carbonyl (C=O) groups is 1. The average Bonchev–Trinajstić information content (AvgIpc) is 3.13. The Morgan fingerprint density at radius 3 is 2.68 bits per heavy atom. The normalized spacial score (nSPS) is 12.5. The molecule has 0 saturated heterocycles. The molecule has 0 fully saturated rings. The molecule has 3 aromatic rings. The highest BCUT2D eigenvalue weighted by molar-refractivity contribution is 6.07. The van der Waals surface area contributed by atoms with Crippen LogP contribution in [0.2, 0.25) is 0 Å². The van der Waals surface area contributed by atoms with Crippen molar-refractivity contribution in [3.05, 3.63) is 34.9 Å². The first-order chi connectivity index (χ1) is 11.9. The second kappa shape index (κ2) is 6.68. The van der Waals surface area contributed by atoms with Crippen LogP contribution in [-0.4, -0.2) is 33.8 Å². The largest absolute Gasteiger partial charge is 0.466 e. The predicted molar refractivity (Wildman–Crippen MR) is 92.3 cm³/mol. The minimum absolute atomic E-state index is 0.119. The van der Waals surface area contributed by atoms with Crippen LogP contribution in [-0.2, 0) is 0 Å². The van der Waals surface area contributed by atoms with Gasteiger partial charge in [-0.1, -0.05) is 12.1 Å². The minimum Gasteiger partial charge on any atom is -0.466 e. The molecule has 3 rings (SSSR count). The Bertz CT molecular complexity index is 922. The van der Waals surface area contributed by atoms with Gasteiger partial charge in [-0.15, -0.1) is 0 Å². The number of nitrogens with zero attached hydrogens (tertiary/aromatic N) is 2. The zero-order valence-electron chi connectivity index (χ0n) is 14.7. The highest BCUT2D eigenvalue weighted by Gasteiger charge is 2.22. The minimum atomic E-state index is -0.308. The Labute approximate surface area is 145 Å². The quantitative estimate of drug-likeness (QED) is 0.738. The SMILES string of the molecule is CCC(CO)NC(=O)c1cc(-c2cc(C)oc2C)nc2onc(C)c12. The molecule has 0 bridgehead atoms. The molecule has 0 aliphatic heterocycles. The standard InChI is InChI=1S/C18H21N3O4/c1-5-12(8-22)19-17(23)14-7-15(13-6-9(2)24-11(13)4)20-18-16(14)10(3)21-25-18/h6-7,12,22H,5,8H2,1-4H3,(H,19,23). The molecule has 7 heteroatoms. The van der Waals surface area contributed by atoms with Gasteiger partial charge in [0.15, 0.2) is 0 Å². The maximum Gasteiger partial charge on any atom is 0.259 e. The Balaban J connectivity index is 2.14. The number of carbonyl (C=O) groups excluding carboxylic acids is 1. The van der Waals surface area contributed by atoms with Gasteiger partial charge >= 0.3 is 0 Å². The molecule has 3 aromatic heterocycles. The van der Waals surface area contributed by atoms with E-state index in [9.17, 15) is 9.90 Å². The lowest BCUT2D eigenvalue weighted by Gasteiger charge is -2.14. The van der Waals surface area contributed by atoms with Crippen LogP contribution in [0.25, 0.3) is 22.4 Å². The van der Waals surface area contributed by atoms with Crippen molar-refractivity contribution < 1.29 is 18.8 Å². The number of pyridine rings is 1. The van der Waals surface area contributed by atoms with Crippen LogP contribution in [0.5, 0.6) is 0 Å². The van der Waals surface area contributed by atoms with E-state index in [-0.39, 0.29) is 18.6 Å². The Kier molecular flexibility index (Phi) is 4.59. The maximum absolute atomic E-state index is 12.8. The van der Waals surface area contributed by atoms with Gasteiger partial charge in [-0.3, -0.25) is 4.79 Å². The zero-order chi connectivity index (χ0) is 18.1. The van der Waals surface area contributed by atoms with Gasteiger partial charge in [-0.05, 0) is 39.3 Å². The van der Waals surface area contributed by atoms with Crippen LogP contribution in [0.1, 0.15) is 40.9 Å². The molecule has 0 aliphatic rings. The fourth-order valence-electron chi connectivity index (χ4n) is 2.84. The van der Waals surface area contributed by atoms with Crippen molar-refractivity contribution in [2.75, 3.05) is 6.61 Å². The van der Waals surface area contributed by atoms with Gasteiger partial charge in [-0.2, -0.15) is 0 Å². The molecule has 132 valence electrons. The van der Waals surface area contributed by atoms with Crippen LogP contribution in [0.15, 0.2) is 21.1 Å². The van der Waals surface area contributed by atoms with Crippen LogP contribution in [0.3, 0.4) is 0 Å². The second-order valence-electron chi connectivity index (χ2n) is 6.09. The highest BCUT2D eigenvalue weighted by Crippen LogP contribution is 2.30. The predicted octanol–water partition coefficient (Wildman–Crippen LogP) is 2.91. The molecule has 0 aromatic carbocycles. The highest BCUT2D eigenvalue weighted by atomic mass is 16.5. The summed E-state index contributed by atoms with van der Waals surface area (Å²) in [6.45, 7) is 7.25. The first-order valence-corrected chi connectivity index (χ1v) is 8.20. The molecular weight excluding hydrogens is 322 g/mol. The number of hydrogen-bond acceptors (Lipinski definition) is 6. The van der Waals surface area contributed by atoms with E-state index in [0.717, 1.165) is 11.3 Å². The number of amides is 1. The van der Waals surface area contributed by atoms with E-state index in [1.165, 1.54) is 0 Å². The third-order valence-corrected chi connectivity index (χ3v) is 4.23. The molecule has 1 unspecified atom stereocenters. The number of nitrogens with one attached hydrogen (secondary N) is 1. The molecule has 25 heavy (non-hydrogen) atoms. The maximum atomic E-state index is 12.8. The first-order valence-electron chi connectivity index (χ1n) is 8.20. The summed E-state index contributed by atoms with van der Waals surface area (Å²) in [5.41, 5.74) is 2.70. The van der Waals surface area contributed by atoms with Crippen LogP contribution in [0, 0.1) is 20.8 Å². The zero-order valence-corrected chi connectivity index (χ0v) is 14.7. The molecule has 0 saturated carbocycles. The molecule has 3 heterocycles. The molecule has 2 N–H and O–H groups in total. The van der Waals surface area contributed by atoms with E-state index in [1.54, 1.807) is 13.0 Å². The number of aryl methyl sites for hydroxylation is 3. The first kappa shape index (κ1) is 17.2. The summed E-state index contributed by atoms with van der Waals surface area (Å²) in [4.78, 5) is 17.3. The summed E-state index contributed by atoms with van der Waals surface area (Å²) in [7, 11) is 0. The van der Waals surface area contributed by atoms with Crippen molar-refractivity contribution in [1.82, 2.24) is 15.5 Å². The molecule has 7 nitrogen and oxygen atoms in total. The van der Waals surface area contributed by atoms with Crippen LogP contribution >= 0.6 is 0 Å². The molecular formula is C18H21N3O4. The number of furan rings is 1. The van der Waals surface area contributed by atoms with Crippen LogP contribution in [0.4, 0.5) is 0 Å². The molecule has 0 aliphatic carbocycles. The second-order valence-corrected chi connectivity index (χ2v) is 6.09. The summed E-state index contributed by atoms with van der Waals surface area (Å²) in [6, 6.07) is 3.28. The topological polar surface area (TPSA) is 101 Å². The van der Waals surface area contributed by atoms with Gasteiger partial charge < -0.3 is 19.4 Å². The van der Waals surface area contributed by atoms with E-state index < -0.39 is 0 Å². The Morgan fingerprint density at radius 2 is 2.08 bits per heavy atom. The monoisotopic (exact) mass is 343 g/mol.